The third kappa shape index (κ3) is 2.12. The molecule has 2 rings (SSSR count). The van der Waals surface area contributed by atoms with Crippen molar-refractivity contribution in [3.63, 3.8) is 0 Å². The van der Waals surface area contributed by atoms with Gasteiger partial charge in [-0.1, -0.05) is 5.16 Å². The fraction of sp³-hybridized carbons (Fsp3) is 0.0909. The summed E-state index contributed by atoms with van der Waals surface area (Å²) in [6, 6.07) is 8.98. The Kier molecular flexibility index (Phi) is 2.74. The summed E-state index contributed by atoms with van der Waals surface area (Å²) >= 11 is 0. The van der Waals surface area contributed by atoms with Crippen molar-refractivity contribution in [1.82, 2.24) is 5.16 Å². The largest absolute Gasteiger partial charge is 0.399 e. The van der Waals surface area contributed by atoms with Gasteiger partial charge < -0.3 is 15.6 Å². The molecular weight excluding hydrogens is 204 g/mol. The van der Waals surface area contributed by atoms with Gasteiger partial charge in [0.05, 0.1) is 17.8 Å². The molecule has 0 atom stereocenters. The van der Waals surface area contributed by atoms with Crippen LogP contribution in [0.25, 0.3) is 0 Å². The summed E-state index contributed by atoms with van der Waals surface area (Å²) in [4.78, 5) is 0. The quantitative estimate of drug-likeness (QED) is 0.760. The van der Waals surface area contributed by atoms with E-state index in [-0.39, 0.29) is 0 Å². The first-order chi connectivity index (χ1) is 7.79. The van der Waals surface area contributed by atoms with Gasteiger partial charge in [0.15, 0.2) is 0 Å². The van der Waals surface area contributed by atoms with Gasteiger partial charge in [-0.05, 0) is 18.2 Å². The zero-order valence-electron chi connectivity index (χ0n) is 8.47. The van der Waals surface area contributed by atoms with Gasteiger partial charge in [0, 0.05) is 11.8 Å². The molecule has 0 spiro atoms. The lowest BCUT2D eigenvalue weighted by molar-refractivity contribution is 0.412. The van der Waals surface area contributed by atoms with E-state index < -0.39 is 0 Å². The second kappa shape index (κ2) is 4.36. The highest BCUT2D eigenvalue weighted by Crippen LogP contribution is 2.18. The molecule has 5 heteroatoms. The van der Waals surface area contributed by atoms with E-state index in [1.54, 1.807) is 24.3 Å². The van der Waals surface area contributed by atoms with Crippen molar-refractivity contribution in [3.8, 4) is 6.07 Å². The molecule has 0 amide bonds. The van der Waals surface area contributed by atoms with Gasteiger partial charge in [-0.15, -0.1) is 0 Å². The minimum absolute atomic E-state index is 0.509. The van der Waals surface area contributed by atoms with E-state index in [9.17, 15) is 0 Å². The number of nitrogens with two attached hydrogens (primary N) is 1. The molecular formula is C11H10N4O. The summed E-state index contributed by atoms with van der Waals surface area (Å²) < 4.78 is 4.70. The minimum atomic E-state index is 0.509. The molecule has 0 radical (unpaired) electrons. The van der Waals surface area contributed by atoms with E-state index in [1.165, 1.54) is 6.26 Å². The number of anilines is 2. The fourth-order valence-electron chi connectivity index (χ4n) is 1.32. The van der Waals surface area contributed by atoms with Crippen molar-refractivity contribution in [2.75, 3.05) is 11.1 Å². The van der Waals surface area contributed by atoms with E-state index in [0.29, 0.717) is 17.8 Å². The SMILES string of the molecule is N#Cc1cc(N)ccc1NCc1ccon1. The topological polar surface area (TPSA) is 87.9 Å². The molecule has 5 nitrogen and oxygen atoms in total. The highest BCUT2D eigenvalue weighted by Gasteiger charge is 2.03. The summed E-state index contributed by atoms with van der Waals surface area (Å²) in [6.07, 6.45) is 1.51. The van der Waals surface area contributed by atoms with Crippen LogP contribution in [0.4, 0.5) is 11.4 Å². The lowest BCUT2D eigenvalue weighted by Crippen LogP contribution is -2.02. The van der Waals surface area contributed by atoms with Crippen molar-refractivity contribution >= 4 is 11.4 Å². The average Bonchev–Trinajstić information content (AvgIpc) is 2.80. The van der Waals surface area contributed by atoms with Crippen LogP contribution in [0, 0.1) is 11.3 Å². The summed E-state index contributed by atoms with van der Waals surface area (Å²) in [5, 5.41) is 15.8. The molecule has 2 aromatic rings. The van der Waals surface area contributed by atoms with Crippen molar-refractivity contribution in [2.45, 2.75) is 6.54 Å². The first-order valence-electron chi connectivity index (χ1n) is 4.72. The highest BCUT2D eigenvalue weighted by atomic mass is 16.5. The summed E-state index contributed by atoms with van der Waals surface area (Å²) in [6.45, 7) is 0.509. The Bertz CT molecular complexity index is 513. The molecule has 1 aromatic carbocycles. The number of nitrogens with one attached hydrogen (secondary N) is 1. The van der Waals surface area contributed by atoms with Gasteiger partial charge in [-0.3, -0.25) is 0 Å². The molecule has 0 unspecified atom stereocenters. The van der Waals surface area contributed by atoms with E-state index in [0.717, 1.165) is 11.4 Å². The molecule has 0 saturated carbocycles. The second-order valence-corrected chi connectivity index (χ2v) is 3.26. The predicted molar refractivity (Wildman–Crippen MR) is 59.4 cm³/mol. The molecule has 0 aliphatic carbocycles. The van der Waals surface area contributed by atoms with Crippen LogP contribution in [0.2, 0.25) is 0 Å². The Morgan fingerprint density at radius 1 is 1.44 bits per heavy atom. The summed E-state index contributed by atoms with van der Waals surface area (Å²) in [5.74, 6) is 0. The van der Waals surface area contributed by atoms with Crippen molar-refractivity contribution < 1.29 is 4.52 Å². The average molecular weight is 214 g/mol. The van der Waals surface area contributed by atoms with Gasteiger partial charge >= 0.3 is 0 Å². The Morgan fingerprint density at radius 2 is 2.31 bits per heavy atom. The third-order valence-electron chi connectivity index (χ3n) is 2.12. The van der Waals surface area contributed by atoms with Crippen LogP contribution in [-0.4, -0.2) is 5.16 Å². The Balaban J connectivity index is 2.13. The van der Waals surface area contributed by atoms with Gasteiger partial charge in [-0.2, -0.15) is 5.26 Å². The van der Waals surface area contributed by atoms with Crippen LogP contribution < -0.4 is 11.1 Å². The zero-order chi connectivity index (χ0) is 11.4. The number of nitrogen functional groups attached to an aromatic ring is 1. The summed E-state index contributed by atoms with van der Waals surface area (Å²) in [7, 11) is 0. The van der Waals surface area contributed by atoms with Crippen molar-refractivity contribution in [1.29, 1.82) is 5.26 Å². The van der Waals surface area contributed by atoms with Crippen LogP contribution >= 0.6 is 0 Å². The molecule has 80 valence electrons. The van der Waals surface area contributed by atoms with Crippen LogP contribution in [0.15, 0.2) is 35.1 Å². The van der Waals surface area contributed by atoms with E-state index >= 15 is 0 Å². The number of benzene rings is 1. The Hall–Kier alpha value is -2.48. The van der Waals surface area contributed by atoms with E-state index in [1.807, 2.05) is 0 Å². The van der Waals surface area contributed by atoms with Crippen molar-refractivity contribution in [2.24, 2.45) is 0 Å². The van der Waals surface area contributed by atoms with Gasteiger partial charge in [0.1, 0.15) is 18.0 Å². The number of hydrogen-bond donors (Lipinski definition) is 2. The first-order valence-corrected chi connectivity index (χ1v) is 4.72. The Labute approximate surface area is 92.5 Å². The van der Waals surface area contributed by atoms with Gasteiger partial charge in [0.25, 0.3) is 0 Å². The van der Waals surface area contributed by atoms with Crippen LogP contribution in [0.1, 0.15) is 11.3 Å². The molecule has 0 bridgehead atoms. The number of aromatic nitrogens is 1. The number of hydrogen-bond acceptors (Lipinski definition) is 5. The van der Waals surface area contributed by atoms with Gasteiger partial charge in [0.2, 0.25) is 0 Å². The molecule has 3 N–H and O–H groups in total. The van der Waals surface area contributed by atoms with E-state index in [2.05, 4.69) is 16.5 Å². The lowest BCUT2D eigenvalue weighted by Gasteiger charge is -2.06. The predicted octanol–water partition coefficient (Wildman–Crippen LogP) is 1.74. The molecule has 0 fully saturated rings. The molecule has 0 aliphatic heterocycles. The minimum Gasteiger partial charge on any atom is -0.399 e. The normalized spacial score (nSPS) is 9.69. The molecule has 16 heavy (non-hydrogen) atoms. The lowest BCUT2D eigenvalue weighted by atomic mass is 10.1. The standard InChI is InChI=1S/C11H10N4O/c12-6-8-5-9(13)1-2-11(8)14-7-10-3-4-16-15-10/h1-5,14H,7,13H2. The Morgan fingerprint density at radius 3 is 3.00 bits per heavy atom. The number of nitrogens with zero attached hydrogens (tertiary/aromatic N) is 2. The monoisotopic (exact) mass is 214 g/mol. The van der Waals surface area contributed by atoms with Gasteiger partial charge in [-0.25, -0.2) is 0 Å². The maximum absolute atomic E-state index is 8.92. The maximum Gasteiger partial charge on any atom is 0.124 e. The van der Waals surface area contributed by atoms with Crippen LogP contribution in [0.5, 0.6) is 0 Å². The number of rotatable bonds is 3. The molecule has 0 saturated heterocycles. The molecule has 1 aromatic heterocycles. The van der Waals surface area contributed by atoms with Crippen LogP contribution in [0.3, 0.4) is 0 Å². The molecule has 1 heterocycles. The zero-order valence-corrected chi connectivity index (χ0v) is 8.47. The fourth-order valence-corrected chi connectivity index (χ4v) is 1.32. The molecule has 0 aliphatic rings. The third-order valence-corrected chi connectivity index (χ3v) is 2.12. The number of nitriles is 1. The maximum atomic E-state index is 8.92. The van der Waals surface area contributed by atoms with Crippen molar-refractivity contribution in [3.05, 3.63) is 41.8 Å². The smallest absolute Gasteiger partial charge is 0.124 e. The second-order valence-electron chi connectivity index (χ2n) is 3.26. The summed E-state index contributed by atoms with van der Waals surface area (Å²) in [5.41, 5.74) is 8.19. The first kappa shape index (κ1) is 10.1. The van der Waals surface area contributed by atoms with E-state index in [4.69, 9.17) is 15.5 Å². The highest BCUT2D eigenvalue weighted by molar-refractivity contribution is 5.62. The van der Waals surface area contributed by atoms with Crippen LogP contribution in [-0.2, 0) is 6.54 Å².